The summed E-state index contributed by atoms with van der Waals surface area (Å²) in [5.41, 5.74) is 10.5. The molecule has 0 saturated heterocycles. The van der Waals surface area contributed by atoms with Gasteiger partial charge in [-0.15, -0.1) is 12.6 Å². The number of aromatic nitrogens is 2. The zero-order valence-electron chi connectivity index (χ0n) is 21.0. The Labute approximate surface area is 211 Å². The van der Waals surface area contributed by atoms with E-state index in [2.05, 4.69) is 91.3 Å². The molecule has 3 N–H and O–H groups in total. The topological polar surface area (TPSA) is 54.7 Å². The van der Waals surface area contributed by atoms with E-state index < -0.39 is 0 Å². The first-order valence-corrected chi connectivity index (χ1v) is 12.1. The number of aryl methyl sites for hydroxylation is 1. The van der Waals surface area contributed by atoms with Gasteiger partial charge < -0.3 is 10.7 Å². The van der Waals surface area contributed by atoms with Gasteiger partial charge in [0.15, 0.2) is 0 Å². The molecule has 0 bridgehead atoms. The smallest absolute Gasteiger partial charge is 0.138 e. The van der Waals surface area contributed by atoms with Crippen molar-refractivity contribution in [1.82, 2.24) is 9.97 Å². The van der Waals surface area contributed by atoms with Crippen LogP contribution < -0.4 is 5.73 Å². The van der Waals surface area contributed by atoms with Crippen molar-refractivity contribution in [2.24, 2.45) is 5.73 Å². The fourth-order valence-electron chi connectivity index (χ4n) is 3.03. The van der Waals surface area contributed by atoms with Crippen LogP contribution in [0.15, 0.2) is 108 Å². The summed E-state index contributed by atoms with van der Waals surface area (Å²) in [7, 11) is 0. The Morgan fingerprint density at radius 2 is 1.65 bits per heavy atom. The molecule has 0 aliphatic heterocycles. The van der Waals surface area contributed by atoms with Gasteiger partial charge in [-0.05, 0) is 75.2 Å². The third kappa shape index (κ3) is 10.6. The normalized spacial score (nSPS) is 12.1. The van der Waals surface area contributed by atoms with Crippen LogP contribution in [0.25, 0.3) is 16.6 Å². The standard InChI is InChI=1S/C15H14N2.C9H12S.C4H8.C2H5N/c1-11-7-3-2-4-8-12(11)15-16-13-9-5-6-10-14(13)17-15;1-2-3-8-4-6-9(10)7-5-8;1-3-4-2;1-2-3/h3-10H,2H2,1H3,(H,16,17);4-7,10H,2-3H2,1H3;3-4H,1-2H3;2H,1,3H2/b;;4-3-;. The van der Waals surface area contributed by atoms with Crippen LogP contribution in [0.1, 0.15) is 51.9 Å². The van der Waals surface area contributed by atoms with E-state index in [1.807, 2.05) is 56.3 Å². The monoisotopic (exact) mass is 473 g/mol. The van der Waals surface area contributed by atoms with Crippen molar-refractivity contribution in [3.05, 3.63) is 115 Å². The summed E-state index contributed by atoms with van der Waals surface area (Å²) in [6.07, 6.45) is 17.3. The van der Waals surface area contributed by atoms with Crippen LogP contribution in [0.3, 0.4) is 0 Å². The van der Waals surface area contributed by atoms with Crippen LogP contribution in [0.2, 0.25) is 0 Å². The lowest BCUT2D eigenvalue weighted by Crippen LogP contribution is -1.86. The maximum Gasteiger partial charge on any atom is 0.138 e. The number of benzene rings is 2. The van der Waals surface area contributed by atoms with Crippen LogP contribution in [0.5, 0.6) is 0 Å². The number of hydrogen-bond acceptors (Lipinski definition) is 3. The summed E-state index contributed by atoms with van der Waals surface area (Å²) in [5.74, 6) is 0.950. The first kappa shape index (κ1) is 28.8. The quantitative estimate of drug-likeness (QED) is 0.264. The maximum absolute atomic E-state index is 4.63. The summed E-state index contributed by atoms with van der Waals surface area (Å²) >= 11 is 4.20. The third-order valence-corrected chi connectivity index (χ3v) is 5.10. The molecule has 3 nitrogen and oxygen atoms in total. The SMILES string of the molecule is C/C=C\C.C=CN.CC1=C(c2nc3ccccc3[nH]2)C=CCC=C1.CCCc1ccc(S)cc1. The first-order valence-electron chi connectivity index (χ1n) is 11.7. The van der Waals surface area contributed by atoms with Crippen molar-refractivity contribution in [1.29, 1.82) is 0 Å². The lowest BCUT2D eigenvalue weighted by atomic mass is 10.1. The summed E-state index contributed by atoms with van der Waals surface area (Å²) in [6, 6.07) is 16.4. The molecule has 34 heavy (non-hydrogen) atoms. The summed E-state index contributed by atoms with van der Waals surface area (Å²) < 4.78 is 0. The number of thiol groups is 1. The number of nitrogens with one attached hydrogen (secondary N) is 1. The number of H-pyrrole nitrogens is 1. The average Bonchev–Trinajstić information content (AvgIpc) is 3.16. The molecule has 4 rings (SSSR count). The molecule has 4 heteroatoms. The minimum absolute atomic E-state index is 0.950. The highest BCUT2D eigenvalue weighted by Crippen LogP contribution is 2.23. The highest BCUT2D eigenvalue weighted by molar-refractivity contribution is 7.80. The highest BCUT2D eigenvalue weighted by Gasteiger charge is 2.08. The van der Waals surface area contributed by atoms with E-state index in [0.29, 0.717) is 0 Å². The van der Waals surface area contributed by atoms with Gasteiger partial charge in [-0.25, -0.2) is 4.98 Å². The maximum atomic E-state index is 4.63. The van der Waals surface area contributed by atoms with E-state index >= 15 is 0 Å². The van der Waals surface area contributed by atoms with Gasteiger partial charge in [0, 0.05) is 10.5 Å². The Balaban J connectivity index is 0.000000289. The number of nitrogens with two attached hydrogens (primary N) is 1. The molecule has 1 aromatic heterocycles. The van der Waals surface area contributed by atoms with Crippen LogP contribution in [-0.4, -0.2) is 9.97 Å². The van der Waals surface area contributed by atoms with E-state index in [1.54, 1.807) is 0 Å². The summed E-state index contributed by atoms with van der Waals surface area (Å²) in [5, 5.41) is 0. The number of fused-ring (bicyclic) bond motifs is 1. The first-order chi connectivity index (χ1) is 16.5. The van der Waals surface area contributed by atoms with Gasteiger partial charge in [0.05, 0.1) is 11.0 Å². The van der Waals surface area contributed by atoms with Gasteiger partial charge >= 0.3 is 0 Å². The van der Waals surface area contributed by atoms with E-state index in [-0.39, 0.29) is 0 Å². The summed E-state index contributed by atoms with van der Waals surface area (Å²) in [4.78, 5) is 9.04. The summed E-state index contributed by atoms with van der Waals surface area (Å²) in [6.45, 7) is 11.4. The van der Waals surface area contributed by atoms with E-state index in [0.717, 1.165) is 28.2 Å². The molecule has 0 fully saturated rings. The Morgan fingerprint density at radius 1 is 1.03 bits per heavy atom. The molecule has 0 spiro atoms. The molecule has 1 aliphatic rings. The van der Waals surface area contributed by atoms with Gasteiger partial charge in [-0.3, -0.25) is 0 Å². The zero-order chi connectivity index (χ0) is 25.2. The Morgan fingerprint density at radius 3 is 2.24 bits per heavy atom. The van der Waals surface area contributed by atoms with Crippen LogP contribution in [-0.2, 0) is 6.42 Å². The second kappa shape index (κ2) is 17.3. The number of nitrogens with zero attached hydrogens (tertiary/aromatic N) is 1. The lowest BCUT2D eigenvalue weighted by Gasteiger charge is -1.99. The van der Waals surface area contributed by atoms with Crippen molar-refractivity contribution >= 4 is 29.2 Å². The third-order valence-electron chi connectivity index (χ3n) is 4.80. The Kier molecular flexibility index (Phi) is 14.6. The van der Waals surface area contributed by atoms with Crippen LogP contribution in [0.4, 0.5) is 0 Å². The van der Waals surface area contributed by atoms with Crippen molar-refractivity contribution in [3.8, 4) is 0 Å². The van der Waals surface area contributed by atoms with E-state index in [9.17, 15) is 0 Å². The molecular formula is C30H39N3S. The number of para-hydroxylation sites is 2. The largest absolute Gasteiger partial charge is 0.405 e. The van der Waals surface area contributed by atoms with Crippen LogP contribution >= 0.6 is 12.6 Å². The van der Waals surface area contributed by atoms with Crippen LogP contribution in [0, 0.1) is 0 Å². The molecule has 0 unspecified atom stereocenters. The highest BCUT2D eigenvalue weighted by atomic mass is 32.1. The van der Waals surface area contributed by atoms with Crippen molar-refractivity contribution < 1.29 is 0 Å². The number of rotatable bonds is 3. The molecule has 1 aliphatic carbocycles. The second-order valence-corrected chi connectivity index (χ2v) is 8.07. The zero-order valence-corrected chi connectivity index (χ0v) is 21.9. The van der Waals surface area contributed by atoms with Crippen molar-refractivity contribution in [2.45, 2.75) is 51.9 Å². The number of allylic oxidation sites excluding steroid dienone is 8. The minimum atomic E-state index is 0.950. The van der Waals surface area contributed by atoms with Gasteiger partial charge in [-0.2, -0.15) is 0 Å². The molecular weight excluding hydrogens is 434 g/mol. The second-order valence-electron chi connectivity index (χ2n) is 7.56. The fourth-order valence-corrected chi connectivity index (χ4v) is 3.18. The van der Waals surface area contributed by atoms with Gasteiger partial charge in [0.2, 0.25) is 0 Å². The Hall–Kier alpha value is -3.24. The van der Waals surface area contributed by atoms with Crippen molar-refractivity contribution in [2.75, 3.05) is 0 Å². The van der Waals surface area contributed by atoms with E-state index in [4.69, 9.17) is 0 Å². The number of hydrogen-bond donors (Lipinski definition) is 3. The van der Waals surface area contributed by atoms with Crippen molar-refractivity contribution in [3.63, 3.8) is 0 Å². The lowest BCUT2D eigenvalue weighted by molar-refractivity contribution is 0.920. The molecule has 0 amide bonds. The number of imidazole rings is 1. The molecule has 2 aromatic carbocycles. The predicted octanol–water partition coefficient (Wildman–Crippen LogP) is 8.45. The van der Waals surface area contributed by atoms with Gasteiger partial charge in [-0.1, -0.05) is 80.6 Å². The van der Waals surface area contributed by atoms with Gasteiger partial charge in [0.1, 0.15) is 5.82 Å². The number of aromatic amines is 1. The molecule has 180 valence electrons. The van der Waals surface area contributed by atoms with Gasteiger partial charge in [0.25, 0.3) is 0 Å². The Bertz CT molecular complexity index is 1060. The molecule has 0 atom stereocenters. The fraction of sp³-hybridized carbons (Fsp3) is 0.233. The minimum Gasteiger partial charge on any atom is -0.405 e. The molecule has 0 radical (unpaired) electrons. The molecule has 1 heterocycles. The molecule has 0 saturated carbocycles. The average molecular weight is 474 g/mol. The predicted molar refractivity (Wildman–Crippen MR) is 154 cm³/mol. The molecule has 3 aromatic rings. The van der Waals surface area contributed by atoms with E-state index in [1.165, 1.54) is 35.8 Å².